The lowest BCUT2D eigenvalue weighted by molar-refractivity contribution is 0.590. The molecule has 0 aromatic heterocycles. The number of aryl methyl sites for hydroxylation is 2. The van der Waals surface area contributed by atoms with Crippen molar-refractivity contribution in [1.29, 1.82) is 0 Å². The normalized spacial score (nSPS) is 17.8. The van der Waals surface area contributed by atoms with Crippen molar-refractivity contribution in [2.75, 3.05) is 13.1 Å². The molecule has 0 saturated heterocycles. The van der Waals surface area contributed by atoms with Crippen LogP contribution in [0.3, 0.4) is 0 Å². The van der Waals surface area contributed by atoms with Crippen molar-refractivity contribution in [1.82, 2.24) is 5.32 Å². The van der Waals surface area contributed by atoms with E-state index in [2.05, 4.69) is 44.3 Å². The molecule has 0 unspecified atom stereocenters. The summed E-state index contributed by atoms with van der Waals surface area (Å²) >= 11 is 0. The summed E-state index contributed by atoms with van der Waals surface area (Å²) in [6.45, 7) is 8.79. The van der Waals surface area contributed by atoms with Gasteiger partial charge in [0.1, 0.15) is 0 Å². The van der Waals surface area contributed by atoms with Crippen molar-refractivity contribution in [3.63, 3.8) is 0 Å². The van der Waals surface area contributed by atoms with Crippen LogP contribution in [0.1, 0.15) is 36.5 Å². The zero-order valence-electron chi connectivity index (χ0n) is 10.1. The lowest BCUT2D eigenvalue weighted by Crippen LogP contribution is -2.26. The van der Waals surface area contributed by atoms with Crippen LogP contribution in [0.5, 0.6) is 0 Å². The van der Waals surface area contributed by atoms with Crippen molar-refractivity contribution in [3.05, 3.63) is 34.9 Å². The van der Waals surface area contributed by atoms with Crippen LogP contribution in [0.15, 0.2) is 18.2 Å². The van der Waals surface area contributed by atoms with E-state index in [0.717, 1.165) is 13.1 Å². The van der Waals surface area contributed by atoms with E-state index in [1.165, 1.54) is 24.0 Å². The van der Waals surface area contributed by atoms with E-state index in [1.54, 1.807) is 5.56 Å². The van der Waals surface area contributed by atoms with Crippen molar-refractivity contribution < 1.29 is 0 Å². The maximum Gasteiger partial charge on any atom is 0.00786 e. The Morgan fingerprint density at radius 1 is 1.13 bits per heavy atom. The number of hydrogen-bond donors (Lipinski definition) is 1. The van der Waals surface area contributed by atoms with Crippen LogP contribution < -0.4 is 5.32 Å². The van der Waals surface area contributed by atoms with Gasteiger partial charge in [-0.3, -0.25) is 0 Å². The summed E-state index contributed by atoms with van der Waals surface area (Å²) in [6.07, 6.45) is 2.70. The Morgan fingerprint density at radius 3 is 2.20 bits per heavy atom. The number of nitrogens with one attached hydrogen (secondary N) is 1. The maximum atomic E-state index is 3.49. The third-order valence-corrected chi connectivity index (χ3v) is 3.40. The molecule has 1 nitrogen and oxygen atoms in total. The van der Waals surface area contributed by atoms with Gasteiger partial charge in [0.2, 0.25) is 0 Å². The second-order valence-corrected chi connectivity index (χ2v) is 4.94. The predicted molar refractivity (Wildman–Crippen MR) is 65.4 cm³/mol. The van der Waals surface area contributed by atoms with Gasteiger partial charge in [0, 0.05) is 12.0 Å². The zero-order chi connectivity index (χ0) is 10.9. The summed E-state index contributed by atoms with van der Waals surface area (Å²) < 4.78 is 0. The Hall–Kier alpha value is -0.820. The highest BCUT2D eigenvalue weighted by Gasteiger charge is 2.43. The van der Waals surface area contributed by atoms with Gasteiger partial charge >= 0.3 is 0 Å². The Balaban J connectivity index is 2.21. The van der Waals surface area contributed by atoms with Crippen molar-refractivity contribution in [3.8, 4) is 0 Å². The minimum Gasteiger partial charge on any atom is -0.316 e. The molecule has 1 aromatic carbocycles. The molecular weight excluding hydrogens is 182 g/mol. The van der Waals surface area contributed by atoms with Gasteiger partial charge in [0.25, 0.3) is 0 Å². The average molecular weight is 203 g/mol. The molecule has 0 atom stereocenters. The molecule has 0 heterocycles. The van der Waals surface area contributed by atoms with Crippen LogP contribution in [0.2, 0.25) is 0 Å². The van der Waals surface area contributed by atoms with Gasteiger partial charge in [0.05, 0.1) is 0 Å². The first-order chi connectivity index (χ1) is 7.16. The standard InChI is InChI=1S/C14H21N/c1-4-15-10-14(5-6-14)13-8-11(2)7-12(3)9-13/h7-9,15H,4-6,10H2,1-3H3. The first-order valence-electron chi connectivity index (χ1n) is 5.96. The molecule has 1 N–H and O–H groups in total. The summed E-state index contributed by atoms with van der Waals surface area (Å²) in [5.74, 6) is 0. The minimum absolute atomic E-state index is 0.465. The van der Waals surface area contributed by atoms with Crippen LogP contribution >= 0.6 is 0 Å². The van der Waals surface area contributed by atoms with E-state index in [4.69, 9.17) is 0 Å². The zero-order valence-corrected chi connectivity index (χ0v) is 10.1. The molecule has 82 valence electrons. The Kier molecular flexibility index (Phi) is 2.83. The fourth-order valence-electron chi connectivity index (χ4n) is 2.36. The highest BCUT2D eigenvalue weighted by atomic mass is 14.9. The largest absolute Gasteiger partial charge is 0.316 e. The predicted octanol–water partition coefficient (Wildman–Crippen LogP) is 2.94. The van der Waals surface area contributed by atoms with Gasteiger partial charge in [-0.25, -0.2) is 0 Å². The molecule has 2 rings (SSSR count). The molecule has 0 radical (unpaired) electrons. The molecule has 1 heteroatoms. The summed E-state index contributed by atoms with van der Waals surface area (Å²) in [6, 6.07) is 6.97. The molecule has 0 aliphatic heterocycles. The molecule has 0 spiro atoms. The minimum atomic E-state index is 0.465. The molecule has 1 aliphatic carbocycles. The first kappa shape index (κ1) is 10.7. The van der Waals surface area contributed by atoms with Crippen LogP contribution in [0.25, 0.3) is 0 Å². The Labute approximate surface area is 92.9 Å². The van der Waals surface area contributed by atoms with Crippen LogP contribution in [0.4, 0.5) is 0 Å². The number of hydrogen-bond acceptors (Lipinski definition) is 1. The van der Waals surface area contributed by atoms with E-state index in [1.807, 2.05) is 0 Å². The van der Waals surface area contributed by atoms with Crippen molar-refractivity contribution in [2.45, 2.75) is 39.0 Å². The summed E-state index contributed by atoms with van der Waals surface area (Å²) in [5.41, 5.74) is 4.80. The van der Waals surface area contributed by atoms with Crippen molar-refractivity contribution >= 4 is 0 Å². The van der Waals surface area contributed by atoms with Gasteiger partial charge in [-0.1, -0.05) is 36.2 Å². The highest BCUT2D eigenvalue weighted by Crippen LogP contribution is 2.48. The number of rotatable bonds is 4. The third kappa shape index (κ3) is 2.23. The fourth-order valence-corrected chi connectivity index (χ4v) is 2.36. The molecule has 1 fully saturated rings. The van der Waals surface area contributed by atoms with Crippen LogP contribution in [0, 0.1) is 13.8 Å². The van der Waals surface area contributed by atoms with Gasteiger partial charge in [-0.15, -0.1) is 0 Å². The SMILES string of the molecule is CCNCC1(c2cc(C)cc(C)c2)CC1. The molecule has 1 aliphatic rings. The lowest BCUT2D eigenvalue weighted by Gasteiger charge is -2.17. The lowest BCUT2D eigenvalue weighted by atomic mass is 9.93. The molecule has 0 bridgehead atoms. The fraction of sp³-hybridized carbons (Fsp3) is 0.571. The quantitative estimate of drug-likeness (QED) is 0.793. The molecule has 1 saturated carbocycles. The Morgan fingerprint density at radius 2 is 1.73 bits per heavy atom. The van der Waals surface area contributed by atoms with Gasteiger partial charge < -0.3 is 5.32 Å². The average Bonchev–Trinajstić information content (AvgIpc) is 2.94. The number of benzene rings is 1. The molecule has 0 amide bonds. The Bertz CT molecular complexity index is 330. The van der Waals surface area contributed by atoms with Gasteiger partial charge in [-0.05, 0) is 38.8 Å². The van der Waals surface area contributed by atoms with E-state index in [9.17, 15) is 0 Å². The van der Waals surface area contributed by atoms with Crippen molar-refractivity contribution in [2.24, 2.45) is 0 Å². The summed E-state index contributed by atoms with van der Waals surface area (Å²) in [4.78, 5) is 0. The maximum absolute atomic E-state index is 3.49. The molecular formula is C14H21N. The summed E-state index contributed by atoms with van der Waals surface area (Å²) in [5, 5.41) is 3.49. The monoisotopic (exact) mass is 203 g/mol. The van der Waals surface area contributed by atoms with Crippen LogP contribution in [-0.2, 0) is 5.41 Å². The second kappa shape index (κ2) is 3.97. The van der Waals surface area contributed by atoms with E-state index in [0.29, 0.717) is 5.41 Å². The number of likely N-dealkylation sites (N-methyl/N-ethyl adjacent to an activating group) is 1. The third-order valence-electron chi connectivity index (χ3n) is 3.40. The highest BCUT2D eigenvalue weighted by molar-refractivity contribution is 5.38. The molecule has 15 heavy (non-hydrogen) atoms. The van der Waals surface area contributed by atoms with Gasteiger partial charge in [0.15, 0.2) is 0 Å². The summed E-state index contributed by atoms with van der Waals surface area (Å²) in [7, 11) is 0. The smallest absolute Gasteiger partial charge is 0.00786 e. The van der Waals surface area contributed by atoms with E-state index >= 15 is 0 Å². The first-order valence-corrected chi connectivity index (χ1v) is 5.96. The van der Waals surface area contributed by atoms with E-state index in [-0.39, 0.29) is 0 Å². The molecule has 1 aromatic rings. The van der Waals surface area contributed by atoms with Gasteiger partial charge in [-0.2, -0.15) is 0 Å². The topological polar surface area (TPSA) is 12.0 Å². The van der Waals surface area contributed by atoms with E-state index < -0.39 is 0 Å². The van der Waals surface area contributed by atoms with Crippen LogP contribution in [-0.4, -0.2) is 13.1 Å². The second-order valence-electron chi connectivity index (χ2n) is 4.94.